The molecule has 0 spiro atoms. The molecule has 1 aromatic carbocycles. The minimum atomic E-state index is -4.41. The van der Waals surface area contributed by atoms with E-state index in [1.54, 1.807) is 6.92 Å². The minimum absolute atomic E-state index is 0.0297. The molecule has 8 heteroatoms. The van der Waals surface area contributed by atoms with Gasteiger partial charge in [0.25, 0.3) is 0 Å². The number of hydrogen-bond donors (Lipinski definition) is 3. The zero-order chi connectivity index (χ0) is 16.0. The summed E-state index contributed by atoms with van der Waals surface area (Å²) in [6.07, 6.45) is -4.41. The number of benzene rings is 1. The van der Waals surface area contributed by atoms with Gasteiger partial charge in [-0.2, -0.15) is 13.2 Å². The Bertz CT molecular complexity index is 500. The van der Waals surface area contributed by atoms with Crippen molar-refractivity contribution in [2.45, 2.75) is 19.1 Å². The molecule has 2 amide bonds. The van der Waals surface area contributed by atoms with Crippen LogP contribution in [0.4, 0.5) is 18.9 Å². The van der Waals surface area contributed by atoms with E-state index in [-0.39, 0.29) is 18.1 Å². The van der Waals surface area contributed by atoms with Gasteiger partial charge in [-0.3, -0.25) is 14.9 Å². The van der Waals surface area contributed by atoms with Crippen LogP contribution in [0.2, 0.25) is 0 Å². The van der Waals surface area contributed by atoms with Crippen molar-refractivity contribution in [1.82, 2.24) is 10.6 Å². The molecule has 1 aromatic rings. The fourth-order valence-corrected chi connectivity index (χ4v) is 1.42. The van der Waals surface area contributed by atoms with Gasteiger partial charge in [0.2, 0.25) is 11.8 Å². The van der Waals surface area contributed by atoms with E-state index in [4.69, 9.17) is 0 Å². The number of hydrogen-bond acceptors (Lipinski definition) is 3. The third-order valence-electron chi connectivity index (χ3n) is 2.72. The van der Waals surface area contributed by atoms with Gasteiger partial charge in [-0.1, -0.05) is 0 Å². The van der Waals surface area contributed by atoms with Crippen LogP contribution in [0.25, 0.3) is 0 Å². The van der Waals surface area contributed by atoms with Crippen molar-refractivity contribution in [3.63, 3.8) is 0 Å². The van der Waals surface area contributed by atoms with Crippen LogP contribution in [0.3, 0.4) is 0 Å². The summed E-state index contributed by atoms with van der Waals surface area (Å²) in [5.74, 6) is -0.720. The van der Waals surface area contributed by atoms with E-state index in [1.807, 2.05) is 0 Å². The summed E-state index contributed by atoms with van der Waals surface area (Å²) in [6, 6.07) is 3.46. The molecule has 0 heterocycles. The van der Waals surface area contributed by atoms with Crippen LogP contribution in [0.15, 0.2) is 24.3 Å². The van der Waals surface area contributed by atoms with Crippen molar-refractivity contribution in [3.05, 3.63) is 29.8 Å². The second kappa shape index (κ2) is 7.07. The van der Waals surface area contributed by atoms with Gasteiger partial charge in [0, 0.05) is 12.7 Å². The maximum absolute atomic E-state index is 12.4. The molecule has 0 saturated heterocycles. The summed E-state index contributed by atoms with van der Waals surface area (Å²) in [5, 5.41) is 7.54. The third-order valence-corrected chi connectivity index (χ3v) is 2.72. The molecular formula is C13H16F3N3O2. The van der Waals surface area contributed by atoms with Crippen LogP contribution in [0.5, 0.6) is 0 Å². The molecule has 0 fully saturated rings. The highest BCUT2D eigenvalue weighted by Gasteiger charge is 2.30. The number of anilines is 1. The van der Waals surface area contributed by atoms with E-state index >= 15 is 0 Å². The Labute approximate surface area is 119 Å². The number of carbonyl (C=O) groups excluding carboxylic acids is 2. The molecule has 0 aromatic heterocycles. The van der Waals surface area contributed by atoms with Crippen molar-refractivity contribution in [3.8, 4) is 0 Å². The predicted molar refractivity (Wildman–Crippen MR) is 71.6 cm³/mol. The lowest BCUT2D eigenvalue weighted by Crippen LogP contribution is -2.42. The molecule has 3 N–H and O–H groups in total. The number of rotatable bonds is 5. The summed E-state index contributed by atoms with van der Waals surface area (Å²) in [6.45, 7) is 1.51. The summed E-state index contributed by atoms with van der Waals surface area (Å²) in [5.41, 5.74) is -0.534. The molecular weight excluding hydrogens is 287 g/mol. The minimum Gasteiger partial charge on any atom is -0.358 e. The Hall–Kier alpha value is -2.09. The molecule has 0 bridgehead atoms. The van der Waals surface area contributed by atoms with Crippen LogP contribution in [0, 0.1) is 0 Å². The number of alkyl halides is 3. The summed E-state index contributed by atoms with van der Waals surface area (Å²) in [7, 11) is 1.47. The van der Waals surface area contributed by atoms with E-state index < -0.39 is 23.7 Å². The summed E-state index contributed by atoms with van der Waals surface area (Å²) in [4.78, 5) is 22.8. The lowest BCUT2D eigenvalue weighted by molar-refractivity contribution is -0.137. The fourth-order valence-electron chi connectivity index (χ4n) is 1.42. The lowest BCUT2D eigenvalue weighted by atomic mass is 10.2. The molecule has 5 nitrogen and oxygen atoms in total. The molecule has 21 heavy (non-hydrogen) atoms. The van der Waals surface area contributed by atoms with Crippen LogP contribution in [0.1, 0.15) is 12.5 Å². The van der Waals surface area contributed by atoms with Crippen molar-refractivity contribution in [2.24, 2.45) is 0 Å². The van der Waals surface area contributed by atoms with Gasteiger partial charge in [-0.05, 0) is 31.2 Å². The number of carbonyl (C=O) groups is 2. The van der Waals surface area contributed by atoms with E-state index in [1.165, 1.54) is 19.2 Å². The number of amides is 2. The molecule has 0 radical (unpaired) electrons. The highest BCUT2D eigenvalue weighted by molar-refractivity contribution is 5.94. The average Bonchev–Trinajstić information content (AvgIpc) is 2.43. The Morgan fingerprint density at radius 1 is 1.19 bits per heavy atom. The van der Waals surface area contributed by atoms with E-state index in [0.717, 1.165) is 12.1 Å². The van der Waals surface area contributed by atoms with Crippen LogP contribution in [-0.4, -0.2) is 31.4 Å². The first kappa shape index (κ1) is 17.0. The Kier molecular flexibility index (Phi) is 5.71. The molecule has 0 aliphatic carbocycles. The SMILES string of the molecule is CNC(=O)CN[C@H](C)C(=O)Nc1ccc(C(F)(F)F)cc1. The van der Waals surface area contributed by atoms with Crippen molar-refractivity contribution < 1.29 is 22.8 Å². The molecule has 0 aliphatic heterocycles. The Morgan fingerprint density at radius 3 is 2.24 bits per heavy atom. The first-order valence-corrected chi connectivity index (χ1v) is 6.16. The highest BCUT2D eigenvalue weighted by atomic mass is 19.4. The first-order chi connectivity index (χ1) is 9.74. The first-order valence-electron chi connectivity index (χ1n) is 6.16. The maximum atomic E-state index is 12.4. The van der Waals surface area contributed by atoms with Crippen LogP contribution >= 0.6 is 0 Å². The van der Waals surface area contributed by atoms with Crippen molar-refractivity contribution in [2.75, 3.05) is 18.9 Å². The predicted octanol–water partition coefficient (Wildman–Crippen LogP) is 1.37. The largest absolute Gasteiger partial charge is 0.416 e. The quantitative estimate of drug-likeness (QED) is 0.769. The van der Waals surface area contributed by atoms with Gasteiger partial charge in [-0.25, -0.2) is 0 Å². The van der Waals surface area contributed by atoms with Crippen LogP contribution < -0.4 is 16.0 Å². The van der Waals surface area contributed by atoms with E-state index in [2.05, 4.69) is 16.0 Å². The smallest absolute Gasteiger partial charge is 0.358 e. The Morgan fingerprint density at radius 2 is 1.76 bits per heavy atom. The van der Waals surface area contributed by atoms with Crippen molar-refractivity contribution >= 4 is 17.5 Å². The molecule has 0 unspecified atom stereocenters. The van der Waals surface area contributed by atoms with E-state index in [0.29, 0.717) is 0 Å². The maximum Gasteiger partial charge on any atom is 0.416 e. The van der Waals surface area contributed by atoms with Gasteiger partial charge in [0.15, 0.2) is 0 Å². The second-order valence-corrected chi connectivity index (χ2v) is 4.34. The molecule has 1 atom stereocenters. The molecule has 0 saturated carbocycles. The van der Waals surface area contributed by atoms with Gasteiger partial charge in [0.1, 0.15) is 0 Å². The number of halogens is 3. The fraction of sp³-hybridized carbons (Fsp3) is 0.385. The topological polar surface area (TPSA) is 70.2 Å². The molecule has 0 aliphatic rings. The monoisotopic (exact) mass is 303 g/mol. The zero-order valence-electron chi connectivity index (χ0n) is 11.5. The normalized spacial score (nSPS) is 12.6. The van der Waals surface area contributed by atoms with Crippen molar-refractivity contribution in [1.29, 1.82) is 0 Å². The zero-order valence-corrected chi connectivity index (χ0v) is 11.5. The van der Waals surface area contributed by atoms with Gasteiger partial charge in [-0.15, -0.1) is 0 Å². The van der Waals surface area contributed by atoms with Gasteiger partial charge >= 0.3 is 6.18 Å². The second-order valence-electron chi connectivity index (χ2n) is 4.34. The lowest BCUT2D eigenvalue weighted by Gasteiger charge is -2.14. The highest BCUT2D eigenvalue weighted by Crippen LogP contribution is 2.29. The number of nitrogens with one attached hydrogen (secondary N) is 3. The van der Waals surface area contributed by atoms with Gasteiger partial charge in [0.05, 0.1) is 18.2 Å². The Balaban J connectivity index is 2.56. The molecule has 116 valence electrons. The standard InChI is InChI=1S/C13H16F3N3O2/c1-8(18-7-11(20)17-2)12(21)19-10-5-3-9(4-6-10)13(14,15)16/h3-6,8,18H,7H2,1-2H3,(H,17,20)(H,19,21)/t8-/m1/s1. The summed E-state index contributed by atoms with van der Waals surface area (Å²) >= 11 is 0. The average molecular weight is 303 g/mol. The van der Waals surface area contributed by atoms with Gasteiger partial charge < -0.3 is 10.6 Å². The summed E-state index contributed by atoms with van der Waals surface area (Å²) < 4.78 is 37.2. The number of likely N-dealkylation sites (N-methyl/N-ethyl adjacent to an activating group) is 1. The van der Waals surface area contributed by atoms with Crippen LogP contribution in [-0.2, 0) is 15.8 Å². The van der Waals surface area contributed by atoms with E-state index in [9.17, 15) is 22.8 Å². The molecule has 1 rings (SSSR count). The third kappa shape index (κ3) is 5.42.